The summed E-state index contributed by atoms with van der Waals surface area (Å²) < 4.78 is 0. The molecule has 2 atom stereocenters. The first-order chi connectivity index (χ1) is 6.67. The Balaban J connectivity index is 2.41. The van der Waals surface area contributed by atoms with E-state index in [1.54, 1.807) is 0 Å². The van der Waals surface area contributed by atoms with Crippen LogP contribution in [0.2, 0.25) is 0 Å². The van der Waals surface area contributed by atoms with Gasteiger partial charge < -0.3 is 10.2 Å². The Labute approximate surface area is 84.2 Å². The SMILES string of the molecule is CC[C@]1(O)CCc2ccccc2[C@H]1O. The normalized spacial score (nSPS) is 31.2. The smallest absolute Gasteiger partial charge is 0.108 e. The molecule has 2 heteroatoms. The van der Waals surface area contributed by atoms with Crippen LogP contribution in [0.5, 0.6) is 0 Å². The third kappa shape index (κ3) is 1.35. The lowest BCUT2D eigenvalue weighted by Gasteiger charge is -2.37. The standard InChI is InChI=1S/C12H16O2/c1-2-12(14)8-7-9-5-3-4-6-10(9)11(12)13/h3-6,11,13-14H,2,7-8H2,1H3/t11-,12+/m1/s1. The van der Waals surface area contributed by atoms with Crippen LogP contribution < -0.4 is 0 Å². The molecule has 1 aromatic carbocycles. The molecule has 0 aromatic heterocycles. The molecule has 2 rings (SSSR count). The number of hydrogen-bond acceptors (Lipinski definition) is 2. The highest BCUT2D eigenvalue weighted by Gasteiger charge is 2.38. The second kappa shape index (κ2) is 3.37. The van der Waals surface area contributed by atoms with Crippen molar-refractivity contribution in [2.45, 2.75) is 37.9 Å². The van der Waals surface area contributed by atoms with E-state index < -0.39 is 11.7 Å². The Bertz CT molecular complexity index is 335. The largest absolute Gasteiger partial charge is 0.387 e. The van der Waals surface area contributed by atoms with Crippen molar-refractivity contribution >= 4 is 0 Å². The van der Waals surface area contributed by atoms with Crippen LogP contribution in [0.4, 0.5) is 0 Å². The number of fused-ring (bicyclic) bond motifs is 1. The van der Waals surface area contributed by atoms with Crippen molar-refractivity contribution < 1.29 is 10.2 Å². The van der Waals surface area contributed by atoms with E-state index in [9.17, 15) is 10.2 Å². The van der Waals surface area contributed by atoms with Crippen molar-refractivity contribution in [1.82, 2.24) is 0 Å². The Hall–Kier alpha value is -0.860. The number of hydrogen-bond donors (Lipinski definition) is 2. The lowest BCUT2D eigenvalue weighted by Crippen LogP contribution is -2.39. The van der Waals surface area contributed by atoms with Crippen molar-refractivity contribution in [2.24, 2.45) is 0 Å². The van der Waals surface area contributed by atoms with Gasteiger partial charge in [-0.05, 0) is 30.4 Å². The number of aliphatic hydroxyl groups is 2. The Morgan fingerprint density at radius 2 is 2.14 bits per heavy atom. The predicted molar refractivity (Wildman–Crippen MR) is 55.0 cm³/mol. The van der Waals surface area contributed by atoms with Gasteiger partial charge in [-0.25, -0.2) is 0 Å². The van der Waals surface area contributed by atoms with E-state index in [1.165, 1.54) is 0 Å². The minimum Gasteiger partial charge on any atom is -0.387 e. The summed E-state index contributed by atoms with van der Waals surface area (Å²) in [5, 5.41) is 20.2. The van der Waals surface area contributed by atoms with Gasteiger partial charge in [0.15, 0.2) is 0 Å². The fourth-order valence-corrected chi connectivity index (χ4v) is 2.18. The van der Waals surface area contributed by atoms with Crippen molar-refractivity contribution in [3.05, 3.63) is 35.4 Å². The number of aryl methyl sites for hydroxylation is 1. The van der Waals surface area contributed by atoms with Crippen molar-refractivity contribution in [3.8, 4) is 0 Å². The zero-order valence-corrected chi connectivity index (χ0v) is 8.40. The summed E-state index contributed by atoms with van der Waals surface area (Å²) in [7, 11) is 0. The molecule has 1 aliphatic rings. The first-order valence-electron chi connectivity index (χ1n) is 5.15. The topological polar surface area (TPSA) is 40.5 Å². The maximum atomic E-state index is 10.1. The van der Waals surface area contributed by atoms with E-state index in [-0.39, 0.29) is 0 Å². The first kappa shape index (κ1) is 9.69. The maximum Gasteiger partial charge on any atom is 0.108 e. The molecule has 2 nitrogen and oxygen atoms in total. The van der Waals surface area contributed by atoms with Gasteiger partial charge in [0.05, 0.1) is 5.60 Å². The van der Waals surface area contributed by atoms with Crippen LogP contribution in [0, 0.1) is 0 Å². The molecule has 1 aromatic rings. The molecule has 0 saturated carbocycles. The monoisotopic (exact) mass is 192 g/mol. The van der Waals surface area contributed by atoms with Crippen LogP contribution in [0.1, 0.15) is 37.0 Å². The van der Waals surface area contributed by atoms with Gasteiger partial charge in [0.25, 0.3) is 0 Å². The fraction of sp³-hybridized carbons (Fsp3) is 0.500. The van der Waals surface area contributed by atoms with Crippen LogP contribution in [0.25, 0.3) is 0 Å². The van der Waals surface area contributed by atoms with Gasteiger partial charge in [0.2, 0.25) is 0 Å². The molecule has 76 valence electrons. The van der Waals surface area contributed by atoms with Gasteiger partial charge >= 0.3 is 0 Å². The van der Waals surface area contributed by atoms with E-state index in [1.807, 2.05) is 31.2 Å². The second-order valence-corrected chi connectivity index (χ2v) is 4.06. The van der Waals surface area contributed by atoms with Gasteiger partial charge in [-0.2, -0.15) is 0 Å². The zero-order valence-electron chi connectivity index (χ0n) is 8.40. The maximum absolute atomic E-state index is 10.1. The zero-order chi connectivity index (χ0) is 10.2. The highest BCUT2D eigenvalue weighted by atomic mass is 16.3. The predicted octanol–water partition coefficient (Wildman–Crippen LogP) is 1.81. The number of aliphatic hydroxyl groups excluding tert-OH is 1. The van der Waals surface area contributed by atoms with Crippen LogP contribution in [0.15, 0.2) is 24.3 Å². The average Bonchev–Trinajstić information content (AvgIpc) is 2.24. The molecule has 0 unspecified atom stereocenters. The summed E-state index contributed by atoms with van der Waals surface area (Å²) in [4.78, 5) is 0. The fourth-order valence-electron chi connectivity index (χ4n) is 2.18. The number of rotatable bonds is 1. The molecule has 0 radical (unpaired) electrons. The minimum absolute atomic E-state index is 0.600. The summed E-state index contributed by atoms with van der Waals surface area (Å²) in [5.74, 6) is 0. The lowest BCUT2D eigenvalue weighted by molar-refractivity contribution is -0.0911. The molecule has 0 amide bonds. The number of benzene rings is 1. The van der Waals surface area contributed by atoms with Gasteiger partial charge in [-0.15, -0.1) is 0 Å². The Morgan fingerprint density at radius 1 is 1.43 bits per heavy atom. The summed E-state index contributed by atoms with van der Waals surface area (Å²) >= 11 is 0. The summed E-state index contributed by atoms with van der Waals surface area (Å²) in [6.45, 7) is 1.91. The summed E-state index contributed by atoms with van der Waals surface area (Å²) in [5.41, 5.74) is 1.13. The van der Waals surface area contributed by atoms with Gasteiger partial charge in [-0.1, -0.05) is 31.2 Å². The van der Waals surface area contributed by atoms with Crippen LogP contribution in [-0.2, 0) is 6.42 Å². The molecule has 0 aliphatic heterocycles. The van der Waals surface area contributed by atoms with Crippen molar-refractivity contribution in [3.63, 3.8) is 0 Å². The average molecular weight is 192 g/mol. The van der Waals surface area contributed by atoms with E-state index in [2.05, 4.69) is 0 Å². The quantitative estimate of drug-likeness (QED) is 0.712. The van der Waals surface area contributed by atoms with Crippen molar-refractivity contribution in [2.75, 3.05) is 0 Å². The van der Waals surface area contributed by atoms with Crippen LogP contribution in [0.3, 0.4) is 0 Å². The van der Waals surface area contributed by atoms with E-state index in [0.29, 0.717) is 12.8 Å². The Kier molecular flexibility index (Phi) is 2.33. The molecule has 2 N–H and O–H groups in total. The lowest BCUT2D eigenvalue weighted by atomic mass is 9.77. The van der Waals surface area contributed by atoms with Crippen LogP contribution >= 0.6 is 0 Å². The molecule has 0 bridgehead atoms. The third-order valence-electron chi connectivity index (χ3n) is 3.30. The van der Waals surface area contributed by atoms with Crippen molar-refractivity contribution in [1.29, 1.82) is 0 Å². The van der Waals surface area contributed by atoms with E-state index in [0.717, 1.165) is 17.5 Å². The molecular formula is C12H16O2. The third-order valence-corrected chi connectivity index (χ3v) is 3.30. The molecule has 0 saturated heterocycles. The molecule has 0 heterocycles. The molecule has 1 aliphatic carbocycles. The summed E-state index contributed by atoms with van der Waals surface area (Å²) in [6.07, 6.45) is 1.39. The minimum atomic E-state index is -0.922. The van der Waals surface area contributed by atoms with Gasteiger partial charge in [0, 0.05) is 0 Å². The summed E-state index contributed by atoms with van der Waals surface area (Å²) in [6, 6.07) is 7.80. The van der Waals surface area contributed by atoms with E-state index in [4.69, 9.17) is 0 Å². The van der Waals surface area contributed by atoms with Gasteiger partial charge in [-0.3, -0.25) is 0 Å². The van der Waals surface area contributed by atoms with Crippen LogP contribution in [-0.4, -0.2) is 15.8 Å². The Morgan fingerprint density at radius 3 is 2.86 bits per heavy atom. The van der Waals surface area contributed by atoms with E-state index >= 15 is 0 Å². The van der Waals surface area contributed by atoms with Gasteiger partial charge in [0.1, 0.15) is 6.10 Å². The second-order valence-electron chi connectivity index (χ2n) is 4.06. The first-order valence-corrected chi connectivity index (χ1v) is 5.15. The highest BCUT2D eigenvalue weighted by molar-refractivity contribution is 5.33. The molecular weight excluding hydrogens is 176 g/mol. The molecule has 14 heavy (non-hydrogen) atoms. The molecule has 0 spiro atoms. The highest BCUT2D eigenvalue weighted by Crippen LogP contribution is 2.39. The molecule has 0 fully saturated rings.